The Kier molecular flexibility index (Phi) is 2.86. The second-order valence-electron chi connectivity index (χ2n) is 8.55. The van der Waals surface area contributed by atoms with Gasteiger partial charge in [0.1, 0.15) is 0 Å². The van der Waals surface area contributed by atoms with E-state index in [0.29, 0.717) is 11.3 Å². The van der Waals surface area contributed by atoms with Crippen LogP contribution in [0.25, 0.3) is 0 Å². The molecule has 114 valence electrons. The zero-order valence-electron chi connectivity index (χ0n) is 13.4. The van der Waals surface area contributed by atoms with Gasteiger partial charge >= 0.3 is 0 Å². The molecule has 4 aliphatic carbocycles. The Morgan fingerprint density at radius 1 is 1.19 bits per heavy atom. The van der Waals surface area contributed by atoms with Crippen molar-refractivity contribution in [3.8, 4) is 0 Å². The summed E-state index contributed by atoms with van der Waals surface area (Å²) < 4.78 is 0. The van der Waals surface area contributed by atoms with Crippen LogP contribution < -0.4 is 0 Å². The molecule has 0 aromatic carbocycles. The van der Waals surface area contributed by atoms with Crippen molar-refractivity contribution in [2.45, 2.75) is 58.5 Å². The molecule has 1 heteroatoms. The summed E-state index contributed by atoms with van der Waals surface area (Å²) in [7, 11) is 0. The molecule has 6 atom stereocenters. The Hall–Kier alpha value is -0.820. The van der Waals surface area contributed by atoms with E-state index >= 15 is 0 Å². The lowest BCUT2D eigenvalue weighted by atomic mass is 9.49. The van der Waals surface area contributed by atoms with Crippen molar-refractivity contribution < 1.29 is 5.11 Å². The minimum absolute atomic E-state index is 0.157. The molecule has 0 bridgehead atoms. The van der Waals surface area contributed by atoms with Crippen LogP contribution in [0.2, 0.25) is 0 Å². The maximum absolute atomic E-state index is 10.3. The van der Waals surface area contributed by atoms with Gasteiger partial charge in [-0.3, -0.25) is 0 Å². The quantitative estimate of drug-likeness (QED) is 0.687. The molecule has 0 saturated heterocycles. The lowest BCUT2D eigenvalue weighted by Gasteiger charge is -2.55. The lowest BCUT2D eigenvalue weighted by molar-refractivity contribution is -0.00836. The number of allylic oxidation sites excluding steroid dienone is 3. The van der Waals surface area contributed by atoms with Crippen LogP contribution in [-0.4, -0.2) is 11.2 Å². The summed E-state index contributed by atoms with van der Waals surface area (Å²) in [5, 5.41) is 10.3. The van der Waals surface area contributed by atoms with Gasteiger partial charge in [-0.2, -0.15) is 0 Å². The fraction of sp³-hybridized carbons (Fsp3) is 0.700. The molecule has 2 saturated carbocycles. The van der Waals surface area contributed by atoms with Gasteiger partial charge in [0.2, 0.25) is 0 Å². The van der Waals surface area contributed by atoms with E-state index in [1.165, 1.54) is 37.7 Å². The summed E-state index contributed by atoms with van der Waals surface area (Å²) in [5.41, 5.74) is 3.05. The standard InChI is InChI=1S/C20H28O/c1-13-11-14-6-7-15-16-5-4-9-19(16,2)10-8-17(15)20(14,3)12-18(13)21/h6-7,11,15-18,21H,1,4-5,8-10,12H2,2-3H3/t15-,16-,17+,18?,19-,20-/m0/s1. The molecule has 0 aliphatic heterocycles. The van der Waals surface area contributed by atoms with E-state index < -0.39 is 0 Å². The number of aliphatic hydroxyl groups excluding tert-OH is 1. The topological polar surface area (TPSA) is 20.2 Å². The van der Waals surface area contributed by atoms with Gasteiger partial charge in [0.05, 0.1) is 6.10 Å². The normalized spacial score (nSPS) is 52.0. The molecule has 0 spiro atoms. The van der Waals surface area contributed by atoms with Crippen molar-refractivity contribution in [3.63, 3.8) is 0 Å². The number of fused-ring (bicyclic) bond motifs is 5. The number of aliphatic hydroxyl groups is 1. The first-order valence-corrected chi connectivity index (χ1v) is 8.71. The lowest BCUT2D eigenvalue weighted by Crippen LogP contribution is -2.48. The predicted octanol–water partition coefficient (Wildman–Crippen LogP) is 4.64. The largest absolute Gasteiger partial charge is 0.388 e. The Labute approximate surface area is 128 Å². The van der Waals surface area contributed by atoms with Crippen LogP contribution in [-0.2, 0) is 0 Å². The van der Waals surface area contributed by atoms with Crippen LogP contribution in [0.1, 0.15) is 52.4 Å². The Morgan fingerprint density at radius 2 is 2.00 bits per heavy atom. The van der Waals surface area contributed by atoms with E-state index in [4.69, 9.17) is 0 Å². The smallest absolute Gasteiger partial charge is 0.0793 e. The number of rotatable bonds is 0. The average molecular weight is 284 g/mol. The van der Waals surface area contributed by atoms with E-state index in [2.05, 4.69) is 38.7 Å². The highest BCUT2D eigenvalue weighted by atomic mass is 16.3. The minimum Gasteiger partial charge on any atom is -0.388 e. The third-order valence-electron chi connectivity index (χ3n) is 7.48. The van der Waals surface area contributed by atoms with Gasteiger partial charge in [0.25, 0.3) is 0 Å². The zero-order valence-corrected chi connectivity index (χ0v) is 13.4. The van der Waals surface area contributed by atoms with Gasteiger partial charge in [0.15, 0.2) is 0 Å². The summed E-state index contributed by atoms with van der Waals surface area (Å²) in [6.45, 7) is 8.95. The van der Waals surface area contributed by atoms with E-state index in [0.717, 1.165) is 23.8 Å². The van der Waals surface area contributed by atoms with Gasteiger partial charge in [-0.1, -0.05) is 45.1 Å². The van der Waals surface area contributed by atoms with Crippen LogP contribution in [0.15, 0.2) is 36.0 Å². The molecule has 4 rings (SSSR count). The fourth-order valence-electron chi connectivity index (χ4n) is 6.13. The molecule has 1 nitrogen and oxygen atoms in total. The molecule has 1 unspecified atom stereocenters. The Balaban J connectivity index is 1.76. The van der Waals surface area contributed by atoms with Crippen LogP contribution in [0.5, 0.6) is 0 Å². The van der Waals surface area contributed by atoms with Crippen LogP contribution >= 0.6 is 0 Å². The Morgan fingerprint density at radius 3 is 2.81 bits per heavy atom. The number of hydrogen-bond acceptors (Lipinski definition) is 1. The van der Waals surface area contributed by atoms with Gasteiger partial charge in [-0.05, 0) is 71.8 Å². The maximum Gasteiger partial charge on any atom is 0.0793 e. The highest BCUT2D eigenvalue weighted by molar-refractivity contribution is 5.43. The average Bonchev–Trinajstić information content (AvgIpc) is 2.82. The van der Waals surface area contributed by atoms with Crippen molar-refractivity contribution >= 4 is 0 Å². The first kappa shape index (κ1) is 13.8. The first-order valence-electron chi connectivity index (χ1n) is 8.71. The summed E-state index contributed by atoms with van der Waals surface area (Å²) in [5.74, 6) is 2.31. The van der Waals surface area contributed by atoms with Crippen LogP contribution in [0.4, 0.5) is 0 Å². The molecule has 0 aromatic rings. The molecular weight excluding hydrogens is 256 g/mol. The zero-order chi connectivity index (χ0) is 14.8. The molecule has 4 aliphatic rings. The van der Waals surface area contributed by atoms with Crippen LogP contribution in [0.3, 0.4) is 0 Å². The van der Waals surface area contributed by atoms with E-state index in [1.807, 2.05) is 0 Å². The Bertz CT molecular complexity index is 542. The van der Waals surface area contributed by atoms with Crippen molar-refractivity contribution in [2.24, 2.45) is 28.6 Å². The van der Waals surface area contributed by atoms with Gasteiger partial charge in [0, 0.05) is 0 Å². The van der Waals surface area contributed by atoms with E-state index in [9.17, 15) is 5.11 Å². The monoisotopic (exact) mass is 284 g/mol. The number of hydrogen-bond donors (Lipinski definition) is 1. The van der Waals surface area contributed by atoms with E-state index in [-0.39, 0.29) is 11.5 Å². The summed E-state index contributed by atoms with van der Waals surface area (Å²) in [4.78, 5) is 0. The summed E-state index contributed by atoms with van der Waals surface area (Å²) >= 11 is 0. The van der Waals surface area contributed by atoms with Crippen molar-refractivity contribution in [1.82, 2.24) is 0 Å². The summed E-state index contributed by atoms with van der Waals surface area (Å²) in [6, 6.07) is 0. The first-order chi connectivity index (χ1) is 9.94. The van der Waals surface area contributed by atoms with Gasteiger partial charge in [-0.15, -0.1) is 0 Å². The molecule has 0 radical (unpaired) electrons. The molecule has 0 heterocycles. The SMILES string of the molecule is C=C1C=C2C=C[C@@H]3[C@@H](CC[C@]4(C)CCC[C@@H]34)[C@@]2(C)CC1O. The van der Waals surface area contributed by atoms with Crippen molar-refractivity contribution in [3.05, 3.63) is 36.0 Å². The van der Waals surface area contributed by atoms with Crippen LogP contribution in [0, 0.1) is 28.6 Å². The van der Waals surface area contributed by atoms with Crippen molar-refractivity contribution in [1.29, 1.82) is 0 Å². The molecule has 0 aromatic heterocycles. The van der Waals surface area contributed by atoms with Gasteiger partial charge in [-0.25, -0.2) is 0 Å². The maximum atomic E-state index is 10.3. The molecule has 2 fully saturated rings. The van der Waals surface area contributed by atoms with E-state index in [1.54, 1.807) is 0 Å². The molecule has 21 heavy (non-hydrogen) atoms. The predicted molar refractivity (Wildman–Crippen MR) is 86.8 cm³/mol. The van der Waals surface area contributed by atoms with Crippen molar-refractivity contribution in [2.75, 3.05) is 0 Å². The van der Waals surface area contributed by atoms with Gasteiger partial charge < -0.3 is 5.11 Å². The fourth-order valence-corrected chi connectivity index (χ4v) is 6.13. The highest BCUT2D eigenvalue weighted by Crippen LogP contribution is 2.63. The minimum atomic E-state index is -0.345. The highest BCUT2D eigenvalue weighted by Gasteiger charge is 2.55. The second kappa shape index (κ2) is 4.35. The third-order valence-corrected chi connectivity index (χ3v) is 7.48. The molecular formula is C20H28O. The molecule has 0 amide bonds. The molecule has 1 N–H and O–H groups in total. The third kappa shape index (κ3) is 1.79. The second-order valence-corrected chi connectivity index (χ2v) is 8.55. The summed E-state index contributed by atoms with van der Waals surface area (Å²) in [6.07, 6.45) is 14.5.